The number of aromatic amines is 1. The van der Waals surface area contributed by atoms with E-state index in [0.717, 1.165) is 5.56 Å². The maximum atomic E-state index is 7.68. The van der Waals surface area contributed by atoms with Gasteiger partial charge in [-0.25, -0.2) is 9.97 Å². The first kappa shape index (κ1) is 13.6. The Bertz CT molecular complexity index is 762. The SMILES string of the molecule is Cl.N=c1ncn(Cc2ccccc2Cl)c2nc[nH]c12. The third kappa shape index (κ3) is 2.47. The van der Waals surface area contributed by atoms with E-state index in [1.165, 1.54) is 0 Å². The fourth-order valence-corrected chi connectivity index (χ4v) is 2.05. The largest absolute Gasteiger partial charge is 0.340 e. The van der Waals surface area contributed by atoms with Crippen molar-refractivity contribution in [2.24, 2.45) is 0 Å². The van der Waals surface area contributed by atoms with Crippen molar-refractivity contribution < 1.29 is 0 Å². The Morgan fingerprint density at radius 1 is 1.26 bits per heavy atom. The minimum absolute atomic E-state index is 0. The van der Waals surface area contributed by atoms with Gasteiger partial charge >= 0.3 is 0 Å². The first-order valence-electron chi connectivity index (χ1n) is 5.42. The smallest absolute Gasteiger partial charge is 0.173 e. The molecule has 0 spiro atoms. The van der Waals surface area contributed by atoms with Crippen LogP contribution in [0.4, 0.5) is 0 Å². The first-order chi connectivity index (χ1) is 8.75. The van der Waals surface area contributed by atoms with Gasteiger partial charge in [0.1, 0.15) is 5.52 Å². The van der Waals surface area contributed by atoms with E-state index in [4.69, 9.17) is 17.0 Å². The average molecular weight is 296 g/mol. The van der Waals surface area contributed by atoms with Gasteiger partial charge in [0.15, 0.2) is 11.1 Å². The van der Waals surface area contributed by atoms with Gasteiger partial charge in [0.2, 0.25) is 0 Å². The highest BCUT2D eigenvalue weighted by Gasteiger charge is 2.06. The average Bonchev–Trinajstić information content (AvgIpc) is 2.85. The maximum absolute atomic E-state index is 7.68. The molecule has 5 nitrogen and oxygen atoms in total. The molecular weight excluding hydrogens is 285 g/mol. The second-order valence-corrected chi connectivity index (χ2v) is 4.32. The quantitative estimate of drug-likeness (QED) is 0.762. The van der Waals surface area contributed by atoms with Crippen LogP contribution < -0.4 is 5.49 Å². The van der Waals surface area contributed by atoms with E-state index in [1.807, 2.05) is 28.8 Å². The van der Waals surface area contributed by atoms with Crippen LogP contribution in [0.5, 0.6) is 0 Å². The van der Waals surface area contributed by atoms with Gasteiger partial charge in [0.25, 0.3) is 0 Å². The van der Waals surface area contributed by atoms with Crippen LogP contribution in [0.1, 0.15) is 5.56 Å². The maximum Gasteiger partial charge on any atom is 0.173 e. The summed E-state index contributed by atoms with van der Waals surface area (Å²) in [5.74, 6) is 0. The van der Waals surface area contributed by atoms with Crippen LogP contribution in [0.15, 0.2) is 36.9 Å². The molecule has 0 saturated carbocycles. The number of rotatable bonds is 2. The number of hydrogen-bond donors (Lipinski definition) is 2. The fraction of sp³-hybridized carbons (Fsp3) is 0.0833. The summed E-state index contributed by atoms with van der Waals surface area (Å²) in [6.45, 7) is 0.578. The van der Waals surface area contributed by atoms with Crippen LogP contribution >= 0.6 is 24.0 Å². The molecular formula is C12H11Cl2N5. The van der Waals surface area contributed by atoms with E-state index in [1.54, 1.807) is 12.7 Å². The van der Waals surface area contributed by atoms with Gasteiger partial charge in [0, 0.05) is 5.02 Å². The van der Waals surface area contributed by atoms with E-state index in [2.05, 4.69) is 15.0 Å². The minimum Gasteiger partial charge on any atom is -0.340 e. The zero-order valence-electron chi connectivity index (χ0n) is 9.80. The summed E-state index contributed by atoms with van der Waals surface area (Å²) in [4.78, 5) is 11.1. The topological polar surface area (TPSA) is 70.3 Å². The molecule has 3 rings (SSSR count). The van der Waals surface area contributed by atoms with Crippen molar-refractivity contribution in [3.05, 3.63) is 53.0 Å². The van der Waals surface area contributed by atoms with Crippen molar-refractivity contribution in [3.8, 4) is 0 Å². The second kappa shape index (κ2) is 5.42. The molecule has 1 aromatic carbocycles. The minimum atomic E-state index is 0. The number of benzene rings is 1. The summed E-state index contributed by atoms with van der Waals surface area (Å²) in [6.07, 6.45) is 3.17. The molecule has 0 saturated heterocycles. The highest BCUT2D eigenvalue weighted by molar-refractivity contribution is 6.31. The van der Waals surface area contributed by atoms with Gasteiger partial charge in [0.05, 0.1) is 19.2 Å². The zero-order valence-corrected chi connectivity index (χ0v) is 11.4. The van der Waals surface area contributed by atoms with Gasteiger partial charge in [-0.2, -0.15) is 0 Å². The molecule has 2 N–H and O–H groups in total. The van der Waals surface area contributed by atoms with E-state index in [-0.39, 0.29) is 17.9 Å². The predicted molar refractivity (Wildman–Crippen MR) is 75.5 cm³/mol. The van der Waals surface area contributed by atoms with E-state index < -0.39 is 0 Å². The first-order valence-corrected chi connectivity index (χ1v) is 5.80. The van der Waals surface area contributed by atoms with Gasteiger partial charge < -0.3 is 9.55 Å². The molecule has 7 heteroatoms. The molecule has 0 atom stereocenters. The number of H-pyrrole nitrogens is 1. The molecule has 0 unspecified atom stereocenters. The normalized spacial score (nSPS) is 10.4. The van der Waals surface area contributed by atoms with Gasteiger partial charge in [-0.1, -0.05) is 29.8 Å². The summed E-state index contributed by atoms with van der Waals surface area (Å²) in [6, 6.07) is 7.65. The van der Waals surface area contributed by atoms with E-state index in [0.29, 0.717) is 22.7 Å². The van der Waals surface area contributed by atoms with Crippen molar-refractivity contribution in [2.45, 2.75) is 6.54 Å². The molecule has 0 aliphatic rings. The standard InChI is InChI=1S/C12H10ClN5.ClH/c13-9-4-2-1-3-8(9)5-18-7-17-11(14)10-12(18)16-6-15-10;/h1-4,6-7,14H,5H2,(H,15,16);1H. The number of fused-ring (bicyclic) bond motifs is 1. The van der Waals surface area contributed by atoms with Gasteiger partial charge in [-0.15, -0.1) is 12.4 Å². The molecule has 0 aliphatic heterocycles. The molecule has 0 amide bonds. The van der Waals surface area contributed by atoms with Crippen molar-refractivity contribution in [2.75, 3.05) is 0 Å². The second-order valence-electron chi connectivity index (χ2n) is 3.91. The molecule has 2 heterocycles. The van der Waals surface area contributed by atoms with Crippen LogP contribution in [-0.2, 0) is 6.54 Å². The van der Waals surface area contributed by atoms with Crippen LogP contribution in [0, 0.1) is 5.41 Å². The van der Waals surface area contributed by atoms with Gasteiger partial charge in [-0.05, 0) is 11.6 Å². The lowest BCUT2D eigenvalue weighted by molar-refractivity contribution is 0.784. The number of halogens is 2. The Kier molecular flexibility index (Phi) is 3.87. The number of imidazole rings is 1. The Hall–Kier alpha value is -1.85. The third-order valence-corrected chi connectivity index (χ3v) is 3.12. The number of nitrogens with one attached hydrogen (secondary N) is 2. The Balaban J connectivity index is 0.00000133. The molecule has 0 fully saturated rings. The Morgan fingerprint density at radius 2 is 2.05 bits per heavy atom. The summed E-state index contributed by atoms with van der Waals surface area (Å²) in [7, 11) is 0. The molecule has 0 bridgehead atoms. The van der Waals surface area contributed by atoms with Gasteiger partial charge in [-0.3, -0.25) is 5.41 Å². The molecule has 0 aliphatic carbocycles. The summed E-state index contributed by atoms with van der Waals surface area (Å²) in [5.41, 5.74) is 2.52. The van der Waals surface area contributed by atoms with Crippen LogP contribution in [0.3, 0.4) is 0 Å². The highest BCUT2D eigenvalue weighted by Crippen LogP contribution is 2.17. The van der Waals surface area contributed by atoms with Crippen molar-refractivity contribution >= 4 is 35.2 Å². The van der Waals surface area contributed by atoms with Crippen LogP contribution in [-0.4, -0.2) is 19.5 Å². The number of hydrogen-bond acceptors (Lipinski definition) is 3. The van der Waals surface area contributed by atoms with E-state index in [9.17, 15) is 0 Å². The van der Waals surface area contributed by atoms with Crippen LogP contribution in [0.25, 0.3) is 11.2 Å². The molecule has 0 radical (unpaired) electrons. The van der Waals surface area contributed by atoms with Crippen molar-refractivity contribution in [1.82, 2.24) is 19.5 Å². The Morgan fingerprint density at radius 3 is 2.84 bits per heavy atom. The monoisotopic (exact) mass is 295 g/mol. The Labute approximate surface area is 120 Å². The molecule has 98 valence electrons. The molecule has 2 aromatic heterocycles. The highest BCUT2D eigenvalue weighted by atomic mass is 35.5. The summed E-state index contributed by atoms with van der Waals surface area (Å²) >= 11 is 6.13. The molecule has 3 aromatic rings. The lowest BCUT2D eigenvalue weighted by Crippen LogP contribution is -2.13. The zero-order chi connectivity index (χ0) is 12.5. The summed E-state index contributed by atoms with van der Waals surface area (Å²) in [5, 5.41) is 8.39. The molecule has 19 heavy (non-hydrogen) atoms. The number of nitrogens with zero attached hydrogens (tertiary/aromatic N) is 3. The predicted octanol–water partition coefficient (Wildman–Crippen LogP) is 2.36. The summed E-state index contributed by atoms with van der Waals surface area (Å²) < 4.78 is 1.87. The fourth-order valence-electron chi connectivity index (χ4n) is 1.85. The van der Waals surface area contributed by atoms with Crippen molar-refractivity contribution in [1.29, 1.82) is 5.41 Å². The lowest BCUT2D eigenvalue weighted by atomic mass is 10.2. The third-order valence-electron chi connectivity index (χ3n) is 2.75. The van der Waals surface area contributed by atoms with E-state index >= 15 is 0 Å². The lowest BCUT2D eigenvalue weighted by Gasteiger charge is -2.08. The van der Waals surface area contributed by atoms with Crippen LogP contribution in [0.2, 0.25) is 5.02 Å². The number of aromatic nitrogens is 4. The van der Waals surface area contributed by atoms with Crippen molar-refractivity contribution in [3.63, 3.8) is 0 Å².